The third-order valence-electron chi connectivity index (χ3n) is 2.64. The van der Waals surface area contributed by atoms with Crippen LogP contribution in [0.3, 0.4) is 0 Å². The quantitative estimate of drug-likeness (QED) is 0.876. The number of carboxylic acid groups (broad SMARTS) is 1. The SMILES string of the molecule is CCOC(=O)c1sc(-c2ccc(C(=O)O)cc2)nc1C. The Kier molecular flexibility index (Phi) is 4.14. The maximum Gasteiger partial charge on any atom is 0.350 e. The average molecular weight is 291 g/mol. The summed E-state index contributed by atoms with van der Waals surface area (Å²) >= 11 is 1.24. The first-order valence-corrected chi connectivity index (χ1v) is 6.83. The Bertz CT molecular complexity index is 646. The maximum absolute atomic E-state index is 11.7. The Morgan fingerprint density at radius 3 is 2.50 bits per heavy atom. The van der Waals surface area contributed by atoms with Gasteiger partial charge in [-0.15, -0.1) is 11.3 Å². The second-order valence-electron chi connectivity index (χ2n) is 4.04. The van der Waals surface area contributed by atoms with Crippen molar-refractivity contribution in [1.29, 1.82) is 0 Å². The first-order chi connectivity index (χ1) is 9.52. The lowest BCUT2D eigenvalue weighted by atomic mass is 10.1. The summed E-state index contributed by atoms with van der Waals surface area (Å²) in [4.78, 5) is 27.3. The molecule has 0 aliphatic carbocycles. The van der Waals surface area contributed by atoms with Crippen molar-refractivity contribution in [2.75, 3.05) is 6.61 Å². The molecule has 0 radical (unpaired) electrons. The number of rotatable bonds is 4. The highest BCUT2D eigenvalue weighted by Crippen LogP contribution is 2.28. The van der Waals surface area contributed by atoms with Crippen molar-refractivity contribution in [2.45, 2.75) is 13.8 Å². The number of hydrogen-bond acceptors (Lipinski definition) is 5. The molecule has 5 nitrogen and oxygen atoms in total. The van der Waals surface area contributed by atoms with Crippen LogP contribution >= 0.6 is 11.3 Å². The van der Waals surface area contributed by atoms with Crippen LogP contribution in [-0.4, -0.2) is 28.6 Å². The minimum atomic E-state index is -0.973. The number of esters is 1. The fourth-order valence-corrected chi connectivity index (χ4v) is 2.63. The molecule has 1 aromatic heterocycles. The van der Waals surface area contributed by atoms with E-state index in [1.165, 1.54) is 23.5 Å². The first-order valence-electron chi connectivity index (χ1n) is 6.01. The molecule has 1 N–H and O–H groups in total. The summed E-state index contributed by atoms with van der Waals surface area (Å²) in [5, 5.41) is 9.52. The highest BCUT2D eigenvalue weighted by atomic mass is 32.1. The smallest absolute Gasteiger partial charge is 0.350 e. The van der Waals surface area contributed by atoms with Gasteiger partial charge in [-0.05, 0) is 26.0 Å². The summed E-state index contributed by atoms with van der Waals surface area (Å²) in [5.41, 5.74) is 1.61. The normalized spacial score (nSPS) is 10.3. The Labute approximate surface area is 119 Å². The molecule has 0 fully saturated rings. The highest BCUT2D eigenvalue weighted by molar-refractivity contribution is 7.17. The zero-order valence-electron chi connectivity index (χ0n) is 11.0. The van der Waals surface area contributed by atoms with Crippen LogP contribution in [0.5, 0.6) is 0 Å². The second-order valence-corrected chi connectivity index (χ2v) is 5.04. The van der Waals surface area contributed by atoms with Crippen LogP contribution in [0.2, 0.25) is 0 Å². The van der Waals surface area contributed by atoms with Gasteiger partial charge < -0.3 is 9.84 Å². The van der Waals surface area contributed by atoms with E-state index in [2.05, 4.69) is 4.98 Å². The van der Waals surface area contributed by atoms with E-state index in [1.807, 2.05) is 0 Å². The number of thiazole rings is 1. The maximum atomic E-state index is 11.7. The third kappa shape index (κ3) is 2.85. The van der Waals surface area contributed by atoms with E-state index in [0.717, 1.165) is 5.56 Å². The summed E-state index contributed by atoms with van der Waals surface area (Å²) in [6.07, 6.45) is 0. The molecule has 0 saturated carbocycles. The number of carbonyl (C=O) groups is 2. The summed E-state index contributed by atoms with van der Waals surface area (Å²) in [6, 6.07) is 6.38. The van der Waals surface area contributed by atoms with Gasteiger partial charge in [-0.25, -0.2) is 14.6 Å². The van der Waals surface area contributed by atoms with Crippen LogP contribution in [0.4, 0.5) is 0 Å². The number of hydrogen-bond donors (Lipinski definition) is 1. The van der Waals surface area contributed by atoms with Gasteiger partial charge in [0, 0.05) is 5.56 Å². The Balaban J connectivity index is 2.32. The van der Waals surface area contributed by atoms with Gasteiger partial charge in [0.25, 0.3) is 0 Å². The molecule has 0 unspecified atom stereocenters. The predicted molar refractivity (Wildman–Crippen MR) is 75.2 cm³/mol. The van der Waals surface area contributed by atoms with E-state index < -0.39 is 5.97 Å². The number of carboxylic acids is 1. The fourth-order valence-electron chi connectivity index (χ4n) is 1.66. The summed E-state index contributed by atoms with van der Waals surface area (Å²) in [7, 11) is 0. The van der Waals surface area contributed by atoms with Gasteiger partial charge in [0.15, 0.2) is 0 Å². The summed E-state index contributed by atoms with van der Waals surface area (Å²) in [6.45, 7) is 3.82. The van der Waals surface area contributed by atoms with Gasteiger partial charge >= 0.3 is 11.9 Å². The molecule has 1 heterocycles. The molecule has 2 rings (SSSR count). The lowest BCUT2D eigenvalue weighted by Crippen LogP contribution is -2.03. The van der Waals surface area contributed by atoms with E-state index in [4.69, 9.17) is 9.84 Å². The molecular formula is C14H13NO4S. The van der Waals surface area contributed by atoms with Crippen molar-refractivity contribution in [3.8, 4) is 10.6 Å². The largest absolute Gasteiger partial charge is 0.478 e. The number of ether oxygens (including phenoxy) is 1. The number of aromatic nitrogens is 1. The molecule has 0 saturated heterocycles. The molecular weight excluding hydrogens is 278 g/mol. The number of aromatic carboxylic acids is 1. The molecule has 6 heteroatoms. The highest BCUT2D eigenvalue weighted by Gasteiger charge is 2.17. The Morgan fingerprint density at radius 1 is 1.30 bits per heavy atom. The summed E-state index contributed by atoms with van der Waals surface area (Å²) in [5.74, 6) is -1.35. The van der Waals surface area contributed by atoms with E-state index in [1.54, 1.807) is 26.0 Å². The second kappa shape index (κ2) is 5.83. The van der Waals surface area contributed by atoms with E-state index in [0.29, 0.717) is 22.2 Å². The zero-order chi connectivity index (χ0) is 14.7. The van der Waals surface area contributed by atoms with Crippen LogP contribution in [0.25, 0.3) is 10.6 Å². The van der Waals surface area contributed by atoms with Gasteiger partial charge in [0.05, 0.1) is 17.9 Å². The Hall–Kier alpha value is -2.21. The molecule has 2 aromatic rings. The lowest BCUT2D eigenvalue weighted by molar-refractivity contribution is 0.0530. The van der Waals surface area contributed by atoms with Crippen molar-refractivity contribution in [3.05, 3.63) is 40.4 Å². The molecule has 0 amide bonds. The zero-order valence-corrected chi connectivity index (χ0v) is 11.9. The molecule has 0 spiro atoms. The van der Waals surface area contributed by atoms with Crippen LogP contribution < -0.4 is 0 Å². The third-order valence-corrected chi connectivity index (χ3v) is 3.82. The number of benzene rings is 1. The van der Waals surface area contributed by atoms with Crippen LogP contribution in [0.15, 0.2) is 24.3 Å². The van der Waals surface area contributed by atoms with E-state index in [-0.39, 0.29) is 11.5 Å². The minimum absolute atomic E-state index is 0.215. The van der Waals surface area contributed by atoms with Crippen molar-refractivity contribution < 1.29 is 19.4 Å². The Morgan fingerprint density at radius 2 is 1.95 bits per heavy atom. The predicted octanol–water partition coefficient (Wildman–Crippen LogP) is 2.99. The van der Waals surface area contributed by atoms with Gasteiger partial charge in [-0.2, -0.15) is 0 Å². The summed E-state index contributed by atoms with van der Waals surface area (Å²) < 4.78 is 4.96. The topological polar surface area (TPSA) is 76.5 Å². The molecule has 0 aliphatic rings. The first kappa shape index (κ1) is 14.2. The lowest BCUT2D eigenvalue weighted by Gasteiger charge is -1.98. The number of aryl methyl sites for hydroxylation is 1. The molecule has 0 aliphatic heterocycles. The van der Waals surface area contributed by atoms with Gasteiger partial charge in [-0.3, -0.25) is 0 Å². The van der Waals surface area contributed by atoms with Crippen LogP contribution in [0.1, 0.15) is 32.6 Å². The van der Waals surface area contributed by atoms with Crippen molar-refractivity contribution in [2.24, 2.45) is 0 Å². The molecule has 0 atom stereocenters. The van der Waals surface area contributed by atoms with Crippen molar-refractivity contribution >= 4 is 23.3 Å². The molecule has 1 aromatic carbocycles. The van der Waals surface area contributed by atoms with Crippen LogP contribution in [-0.2, 0) is 4.74 Å². The van der Waals surface area contributed by atoms with Gasteiger partial charge in [-0.1, -0.05) is 12.1 Å². The molecule has 20 heavy (non-hydrogen) atoms. The monoisotopic (exact) mass is 291 g/mol. The van der Waals surface area contributed by atoms with Gasteiger partial charge in [0.2, 0.25) is 0 Å². The molecule has 0 bridgehead atoms. The minimum Gasteiger partial charge on any atom is -0.478 e. The standard InChI is InChI=1S/C14H13NO4S/c1-3-19-14(18)11-8(2)15-12(20-11)9-4-6-10(7-5-9)13(16)17/h4-7H,3H2,1-2H3,(H,16,17). The van der Waals surface area contributed by atoms with E-state index in [9.17, 15) is 9.59 Å². The average Bonchev–Trinajstić information content (AvgIpc) is 2.81. The molecule has 104 valence electrons. The number of carbonyl (C=O) groups excluding carboxylic acids is 1. The van der Waals surface area contributed by atoms with E-state index >= 15 is 0 Å². The number of nitrogens with zero attached hydrogens (tertiary/aromatic N) is 1. The fraction of sp³-hybridized carbons (Fsp3) is 0.214. The van der Waals surface area contributed by atoms with Crippen molar-refractivity contribution in [1.82, 2.24) is 4.98 Å². The van der Waals surface area contributed by atoms with Crippen molar-refractivity contribution in [3.63, 3.8) is 0 Å². The van der Waals surface area contributed by atoms with Crippen LogP contribution in [0, 0.1) is 6.92 Å². The van der Waals surface area contributed by atoms with Gasteiger partial charge in [0.1, 0.15) is 9.88 Å².